The number of carbonyl (C=O) groups excluding carboxylic acids is 1. The second kappa shape index (κ2) is 9.89. The Bertz CT molecular complexity index is 1650. The van der Waals surface area contributed by atoms with Gasteiger partial charge in [0.15, 0.2) is 11.5 Å². The van der Waals surface area contributed by atoms with Crippen molar-refractivity contribution >= 4 is 27.2 Å². The highest BCUT2D eigenvalue weighted by molar-refractivity contribution is 7.92. The van der Waals surface area contributed by atoms with Gasteiger partial charge in [-0.05, 0) is 31.2 Å². The van der Waals surface area contributed by atoms with Gasteiger partial charge < -0.3 is 13.9 Å². The van der Waals surface area contributed by atoms with Crippen molar-refractivity contribution in [2.75, 3.05) is 18.4 Å². The molecule has 0 aliphatic rings. The topological polar surface area (TPSA) is 112 Å². The standard InChI is InChI=1S/C23H17F5N4O5S/c1-3-37-22(33)20-16-7-4-12(10-32(16)11-30-20)18-14(24)5-6-15(19(18)25)31-38(34,35)17-8-13(23(26,27)28)9-29-21(17)36-2/h4-11,31H,3H2,1-2H3. The molecule has 3 aromatic heterocycles. The highest BCUT2D eigenvalue weighted by atomic mass is 32.2. The van der Waals surface area contributed by atoms with E-state index in [4.69, 9.17) is 9.47 Å². The van der Waals surface area contributed by atoms with Crippen LogP contribution in [0.25, 0.3) is 16.6 Å². The van der Waals surface area contributed by atoms with E-state index in [1.807, 2.05) is 4.72 Å². The zero-order valence-electron chi connectivity index (χ0n) is 19.5. The molecule has 0 spiro atoms. The lowest BCUT2D eigenvalue weighted by atomic mass is 10.1. The van der Waals surface area contributed by atoms with E-state index >= 15 is 4.39 Å². The zero-order chi connectivity index (χ0) is 27.8. The quantitative estimate of drug-likeness (QED) is 0.260. The van der Waals surface area contributed by atoms with E-state index in [0.29, 0.717) is 6.20 Å². The summed E-state index contributed by atoms with van der Waals surface area (Å²) >= 11 is 0. The van der Waals surface area contributed by atoms with Gasteiger partial charge in [0.25, 0.3) is 10.0 Å². The van der Waals surface area contributed by atoms with Crippen molar-refractivity contribution in [2.45, 2.75) is 18.0 Å². The molecule has 0 aliphatic carbocycles. The van der Waals surface area contributed by atoms with Crippen LogP contribution in [0.5, 0.6) is 5.88 Å². The zero-order valence-corrected chi connectivity index (χ0v) is 20.3. The van der Waals surface area contributed by atoms with Crippen LogP contribution in [-0.4, -0.2) is 42.5 Å². The monoisotopic (exact) mass is 556 g/mol. The van der Waals surface area contributed by atoms with Crippen LogP contribution >= 0.6 is 0 Å². The predicted octanol–water partition coefficient (Wildman–Crippen LogP) is 4.68. The number of alkyl halides is 3. The van der Waals surface area contributed by atoms with Gasteiger partial charge >= 0.3 is 12.1 Å². The number of pyridine rings is 2. The molecule has 15 heteroatoms. The molecule has 3 heterocycles. The maximum absolute atomic E-state index is 15.5. The lowest BCUT2D eigenvalue weighted by Crippen LogP contribution is -2.17. The summed E-state index contributed by atoms with van der Waals surface area (Å²) in [5.74, 6) is -3.78. The molecule has 1 N–H and O–H groups in total. The fourth-order valence-corrected chi connectivity index (χ4v) is 4.74. The average Bonchev–Trinajstić information content (AvgIpc) is 3.28. The lowest BCUT2D eigenvalue weighted by Gasteiger charge is -2.15. The Labute approximate surface area is 211 Å². The van der Waals surface area contributed by atoms with E-state index in [-0.39, 0.29) is 29.4 Å². The van der Waals surface area contributed by atoms with E-state index in [1.165, 1.54) is 29.1 Å². The number of rotatable bonds is 7. The van der Waals surface area contributed by atoms with Crippen LogP contribution in [0.4, 0.5) is 27.6 Å². The number of nitrogens with one attached hydrogen (secondary N) is 1. The number of anilines is 1. The van der Waals surface area contributed by atoms with Crippen molar-refractivity contribution in [3.63, 3.8) is 0 Å². The number of carbonyl (C=O) groups is 1. The smallest absolute Gasteiger partial charge is 0.417 e. The fourth-order valence-electron chi connectivity index (χ4n) is 3.53. The summed E-state index contributed by atoms with van der Waals surface area (Å²) < 4.78 is 108. The lowest BCUT2D eigenvalue weighted by molar-refractivity contribution is -0.138. The molecule has 0 fully saturated rings. The first-order chi connectivity index (χ1) is 17.9. The Morgan fingerprint density at radius 1 is 1.13 bits per heavy atom. The molecule has 0 radical (unpaired) electrons. The predicted molar refractivity (Wildman–Crippen MR) is 123 cm³/mol. The molecule has 1 aromatic carbocycles. The van der Waals surface area contributed by atoms with Gasteiger partial charge in [0.1, 0.15) is 17.0 Å². The SMILES string of the molecule is CCOC(=O)c1ncn2cc(-c3c(F)ccc(NS(=O)(=O)c4cc(C(F)(F)F)cnc4OC)c3F)ccc12. The average molecular weight is 556 g/mol. The van der Waals surface area contributed by atoms with Crippen LogP contribution in [0.2, 0.25) is 0 Å². The Hall–Kier alpha value is -4.27. The van der Waals surface area contributed by atoms with Crippen LogP contribution in [0.15, 0.2) is 53.9 Å². The van der Waals surface area contributed by atoms with Crippen LogP contribution in [-0.2, 0) is 20.9 Å². The van der Waals surface area contributed by atoms with E-state index in [1.54, 1.807) is 6.92 Å². The van der Waals surface area contributed by atoms with E-state index < -0.39 is 61.4 Å². The fraction of sp³-hybridized carbons (Fsp3) is 0.174. The van der Waals surface area contributed by atoms with E-state index in [2.05, 4.69) is 9.97 Å². The molecular weight excluding hydrogens is 539 g/mol. The van der Waals surface area contributed by atoms with Crippen molar-refractivity contribution in [1.29, 1.82) is 0 Å². The Kier molecular flexibility index (Phi) is 6.97. The molecule has 4 aromatic rings. The minimum Gasteiger partial charge on any atom is -0.480 e. The second-order valence-electron chi connectivity index (χ2n) is 7.64. The summed E-state index contributed by atoms with van der Waals surface area (Å²) in [6.07, 6.45) is -2.06. The van der Waals surface area contributed by atoms with Gasteiger partial charge in [0.05, 0.1) is 36.0 Å². The van der Waals surface area contributed by atoms with Gasteiger partial charge in [-0.1, -0.05) is 6.07 Å². The Morgan fingerprint density at radius 3 is 2.53 bits per heavy atom. The molecule has 38 heavy (non-hydrogen) atoms. The third kappa shape index (κ3) is 4.96. The molecule has 9 nitrogen and oxygen atoms in total. The Morgan fingerprint density at radius 2 is 1.87 bits per heavy atom. The summed E-state index contributed by atoms with van der Waals surface area (Å²) in [5, 5.41) is 0. The molecule has 0 saturated carbocycles. The Balaban J connectivity index is 1.76. The van der Waals surface area contributed by atoms with Gasteiger partial charge in [-0.25, -0.2) is 32.0 Å². The number of hydrogen-bond donors (Lipinski definition) is 1. The number of hydrogen-bond acceptors (Lipinski definition) is 7. The summed E-state index contributed by atoms with van der Waals surface area (Å²) in [6.45, 7) is 1.72. The van der Waals surface area contributed by atoms with Crippen LogP contribution in [0.3, 0.4) is 0 Å². The van der Waals surface area contributed by atoms with Crippen LogP contribution in [0.1, 0.15) is 23.0 Å². The number of sulfonamides is 1. The summed E-state index contributed by atoms with van der Waals surface area (Å²) in [6, 6.07) is 4.47. The molecule has 200 valence electrons. The molecule has 0 saturated heterocycles. The summed E-state index contributed by atoms with van der Waals surface area (Å²) in [5.41, 5.74) is -2.57. The number of esters is 1. The molecule has 0 bridgehead atoms. The largest absolute Gasteiger partial charge is 0.480 e. The van der Waals surface area contributed by atoms with Crippen molar-refractivity contribution in [1.82, 2.24) is 14.4 Å². The van der Waals surface area contributed by atoms with Crippen molar-refractivity contribution in [2.24, 2.45) is 0 Å². The third-order valence-electron chi connectivity index (χ3n) is 5.25. The normalized spacial score (nSPS) is 12.0. The summed E-state index contributed by atoms with van der Waals surface area (Å²) in [4.78, 5) is 18.3. The second-order valence-corrected chi connectivity index (χ2v) is 9.29. The first-order valence-corrected chi connectivity index (χ1v) is 12.1. The van der Waals surface area contributed by atoms with Crippen LogP contribution in [0, 0.1) is 11.6 Å². The van der Waals surface area contributed by atoms with Gasteiger partial charge in [-0.3, -0.25) is 4.72 Å². The van der Waals surface area contributed by atoms with Crippen molar-refractivity contribution in [3.8, 4) is 17.0 Å². The van der Waals surface area contributed by atoms with E-state index in [9.17, 15) is 30.8 Å². The van der Waals surface area contributed by atoms with Crippen LogP contribution < -0.4 is 9.46 Å². The number of nitrogens with zero attached hydrogens (tertiary/aromatic N) is 3. The summed E-state index contributed by atoms with van der Waals surface area (Å²) in [7, 11) is -3.90. The third-order valence-corrected chi connectivity index (χ3v) is 6.61. The number of benzene rings is 1. The molecule has 0 unspecified atom stereocenters. The number of fused-ring (bicyclic) bond motifs is 1. The maximum atomic E-state index is 15.5. The highest BCUT2D eigenvalue weighted by Crippen LogP contribution is 2.35. The first kappa shape index (κ1) is 26.8. The molecule has 0 amide bonds. The minimum atomic E-state index is -4.92. The first-order valence-electron chi connectivity index (χ1n) is 10.6. The number of imidazole rings is 1. The minimum absolute atomic E-state index is 0.0236. The number of ether oxygens (including phenoxy) is 2. The number of aromatic nitrogens is 3. The van der Waals surface area contributed by atoms with Crippen molar-refractivity contribution in [3.05, 3.63) is 71.9 Å². The molecule has 0 atom stereocenters. The van der Waals surface area contributed by atoms with Gasteiger partial charge in [-0.2, -0.15) is 13.2 Å². The number of methoxy groups -OCH3 is 1. The molecular formula is C23H17F5N4O5S. The van der Waals surface area contributed by atoms with E-state index in [0.717, 1.165) is 19.2 Å². The van der Waals surface area contributed by atoms with Gasteiger partial charge in [-0.15, -0.1) is 0 Å². The van der Waals surface area contributed by atoms with Gasteiger partial charge in [0, 0.05) is 18.0 Å². The maximum Gasteiger partial charge on any atom is 0.417 e. The number of halogens is 5. The molecule has 4 rings (SSSR count). The van der Waals surface area contributed by atoms with Crippen molar-refractivity contribution < 1.29 is 44.6 Å². The highest BCUT2D eigenvalue weighted by Gasteiger charge is 2.34. The molecule has 0 aliphatic heterocycles. The van der Waals surface area contributed by atoms with Gasteiger partial charge in [0.2, 0.25) is 5.88 Å².